The van der Waals surface area contributed by atoms with Gasteiger partial charge < -0.3 is 0 Å². The summed E-state index contributed by atoms with van der Waals surface area (Å²) in [7, 11) is 0. The molecular weight excluding hydrogens is 328 g/mol. The van der Waals surface area contributed by atoms with Crippen LogP contribution in [-0.2, 0) is 4.79 Å². The molecular formula is C13H7Cl4NO. The summed E-state index contributed by atoms with van der Waals surface area (Å²) in [5.74, 6) is -0.505. The molecule has 0 aliphatic heterocycles. The Hall–Kier alpha value is -0.800. The van der Waals surface area contributed by atoms with Crippen molar-refractivity contribution in [3.63, 3.8) is 0 Å². The highest BCUT2D eigenvalue weighted by molar-refractivity contribution is 6.64. The predicted molar refractivity (Wildman–Crippen MR) is 81.0 cm³/mol. The zero-order valence-corrected chi connectivity index (χ0v) is 12.7. The number of carbonyl (C=O) groups is 1. The molecule has 0 bridgehead atoms. The van der Waals surface area contributed by atoms with Crippen LogP contribution in [0.2, 0.25) is 5.02 Å². The molecule has 0 spiro atoms. The lowest BCUT2D eigenvalue weighted by Gasteiger charge is -2.10. The van der Waals surface area contributed by atoms with Crippen molar-refractivity contribution in [1.82, 2.24) is 0 Å². The smallest absolute Gasteiger partial charge is 0.217 e. The summed E-state index contributed by atoms with van der Waals surface area (Å²) in [5, 5.41) is 0.514. The Kier molecular flexibility index (Phi) is 4.36. The van der Waals surface area contributed by atoms with Crippen LogP contribution in [0.25, 0.3) is 0 Å². The molecule has 98 valence electrons. The highest BCUT2D eigenvalue weighted by Gasteiger charge is 2.24. The summed E-state index contributed by atoms with van der Waals surface area (Å²) in [6.45, 7) is 1.89. The first kappa shape index (κ1) is 14.6. The highest BCUT2D eigenvalue weighted by atomic mass is 35.5. The summed E-state index contributed by atoms with van der Waals surface area (Å²) in [6.07, 6.45) is 1.38. The summed E-state index contributed by atoms with van der Waals surface area (Å²) < 4.78 is 0. The van der Waals surface area contributed by atoms with Gasteiger partial charge in [-0.3, -0.25) is 4.79 Å². The third-order valence-electron chi connectivity index (χ3n) is 2.50. The number of benzene rings is 1. The van der Waals surface area contributed by atoms with Crippen molar-refractivity contribution < 1.29 is 4.79 Å². The highest BCUT2D eigenvalue weighted by Crippen LogP contribution is 2.30. The second-order valence-corrected chi connectivity index (χ2v) is 5.45. The molecule has 1 aliphatic carbocycles. The lowest BCUT2D eigenvalue weighted by Crippen LogP contribution is -2.11. The number of aliphatic imine (C=N–C) groups is 1. The molecule has 1 aromatic rings. The number of carbonyl (C=O) groups excluding carboxylic acids is 1. The van der Waals surface area contributed by atoms with Crippen LogP contribution in [-0.4, -0.2) is 11.5 Å². The molecule has 6 heteroatoms. The molecule has 0 fully saturated rings. The average Bonchev–Trinajstić information content (AvgIpc) is 2.38. The Morgan fingerprint density at radius 3 is 2.37 bits per heavy atom. The van der Waals surface area contributed by atoms with E-state index < -0.39 is 5.78 Å². The van der Waals surface area contributed by atoms with Gasteiger partial charge in [-0.25, -0.2) is 4.99 Å². The number of hydrogen-bond donors (Lipinski definition) is 0. The molecule has 0 saturated carbocycles. The van der Waals surface area contributed by atoms with E-state index in [9.17, 15) is 4.79 Å². The second-order valence-electron chi connectivity index (χ2n) is 3.88. The van der Waals surface area contributed by atoms with Gasteiger partial charge in [0.05, 0.1) is 21.5 Å². The van der Waals surface area contributed by atoms with Crippen molar-refractivity contribution in [1.29, 1.82) is 0 Å². The lowest BCUT2D eigenvalue weighted by molar-refractivity contribution is -0.111. The zero-order valence-electron chi connectivity index (χ0n) is 9.68. The topological polar surface area (TPSA) is 29.4 Å². The Morgan fingerprint density at radius 1 is 1.05 bits per heavy atom. The van der Waals surface area contributed by atoms with Gasteiger partial charge in [-0.05, 0) is 30.7 Å². The van der Waals surface area contributed by atoms with E-state index in [0.717, 1.165) is 5.56 Å². The zero-order chi connectivity index (χ0) is 14.2. The van der Waals surface area contributed by atoms with Gasteiger partial charge in [-0.2, -0.15) is 0 Å². The van der Waals surface area contributed by atoms with Crippen LogP contribution < -0.4 is 0 Å². The number of rotatable bonds is 1. The van der Waals surface area contributed by atoms with Crippen LogP contribution in [0, 0.1) is 6.92 Å². The summed E-state index contributed by atoms with van der Waals surface area (Å²) >= 11 is 23.6. The first-order chi connectivity index (χ1) is 8.90. The number of ketones is 1. The summed E-state index contributed by atoms with van der Waals surface area (Å²) in [6, 6.07) is 5.31. The van der Waals surface area contributed by atoms with Gasteiger partial charge in [0.2, 0.25) is 5.78 Å². The molecule has 0 saturated heterocycles. The van der Waals surface area contributed by atoms with E-state index in [1.807, 2.05) is 13.0 Å². The third kappa shape index (κ3) is 3.03. The number of halogens is 4. The van der Waals surface area contributed by atoms with Crippen molar-refractivity contribution in [2.45, 2.75) is 6.92 Å². The maximum absolute atomic E-state index is 11.5. The van der Waals surface area contributed by atoms with Crippen LogP contribution in [0.5, 0.6) is 0 Å². The SMILES string of the molecule is Cc1ccc(N=C2C=C(Cl)C(=O)C(Cl)=C2Cl)cc1Cl. The van der Waals surface area contributed by atoms with Gasteiger partial charge in [-0.15, -0.1) is 0 Å². The summed E-state index contributed by atoms with van der Waals surface area (Å²) in [4.78, 5) is 15.8. The van der Waals surface area contributed by atoms with Crippen molar-refractivity contribution in [3.05, 3.63) is 50.0 Å². The molecule has 1 aromatic carbocycles. The molecule has 0 N–H and O–H groups in total. The van der Waals surface area contributed by atoms with Crippen molar-refractivity contribution in [2.75, 3.05) is 0 Å². The monoisotopic (exact) mass is 333 g/mol. The Labute approximate surface area is 130 Å². The van der Waals surface area contributed by atoms with Crippen LogP contribution in [0.15, 0.2) is 44.4 Å². The minimum absolute atomic E-state index is 0.0219. The van der Waals surface area contributed by atoms with E-state index in [1.165, 1.54) is 6.08 Å². The number of aryl methyl sites for hydroxylation is 1. The van der Waals surface area contributed by atoms with E-state index in [2.05, 4.69) is 4.99 Å². The van der Waals surface area contributed by atoms with E-state index in [0.29, 0.717) is 16.4 Å². The first-order valence-electron chi connectivity index (χ1n) is 5.22. The number of Topliss-reactive ketones (excluding diaryl/α,β-unsaturated/α-hetero) is 1. The van der Waals surface area contributed by atoms with Gasteiger partial charge in [0.25, 0.3) is 0 Å². The fourth-order valence-electron chi connectivity index (χ4n) is 1.44. The molecule has 2 nitrogen and oxygen atoms in total. The Morgan fingerprint density at radius 2 is 1.74 bits per heavy atom. The average molecular weight is 335 g/mol. The molecule has 0 unspecified atom stereocenters. The first-order valence-corrected chi connectivity index (χ1v) is 6.73. The molecule has 0 heterocycles. The minimum atomic E-state index is -0.505. The molecule has 0 aromatic heterocycles. The van der Waals surface area contributed by atoms with Gasteiger partial charge >= 0.3 is 0 Å². The van der Waals surface area contributed by atoms with Crippen molar-refractivity contribution >= 4 is 63.6 Å². The standard InChI is InChI=1S/C13H7Cl4NO/c1-6-2-3-7(4-8(6)14)18-10-5-9(15)13(19)12(17)11(10)16/h2-5H,1H3. The van der Waals surface area contributed by atoms with Gasteiger partial charge in [0.15, 0.2) is 0 Å². The molecule has 1 aliphatic rings. The number of hydrogen-bond acceptors (Lipinski definition) is 2. The second kappa shape index (κ2) is 5.68. The summed E-state index contributed by atoms with van der Waals surface area (Å²) in [5.41, 5.74) is 1.87. The van der Waals surface area contributed by atoms with E-state index in [1.54, 1.807) is 12.1 Å². The lowest BCUT2D eigenvalue weighted by atomic mass is 10.1. The third-order valence-corrected chi connectivity index (χ3v) is 4.03. The van der Waals surface area contributed by atoms with Crippen LogP contribution in [0.4, 0.5) is 5.69 Å². The predicted octanol–water partition coefficient (Wildman–Crippen LogP) is 5.12. The molecule has 0 radical (unpaired) electrons. The molecule has 2 rings (SSSR count). The van der Waals surface area contributed by atoms with E-state index in [4.69, 9.17) is 46.4 Å². The Balaban J connectivity index is 2.48. The maximum Gasteiger partial charge on any atom is 0.217 e. The van der Waals surface area contributed by atoms with Crippen LogP contribution in [0.1, 0.15) is 5.56 Å². The maximum atomic E-state index is 11.5. The van der Waals surface area contributed by atoms with Crippen molar-refractivity contribution in [2.24, 2.45) is 4.99 Å². The Bertz CT molecular complexity index is 659. The van der Waals surface area contributed by atoms with Gasteiger partial charge in [0.1, 0.15) is 5.03 Å². The van der Waals surface area contributed by atoms with E-state index >= 15 is 0 Å². The van der Waals surface area contributed by atoms with Gasteiger partial charge in [0, 0.05) is 5.02 Å². The van der Waals surface area contributed by atoms with E-state index in [-0.39, 0.29) is 15.1 Å². The number of allylic oxidation sites excluding steroid dienone is 4. The van der Waals surface area contributed by atoms with Crippen LogP contribution >= 0.6 is 46.4 Å². The molecule has 0 atom stereocenters. The number of nitrogens with zero attached hydrogens (tertiary/aromatic N) is 1. The molecule has 19 heavy (non-hydrogen) atoms. The van der Waals surface area contributed by atoms with Crippen LogP contribution in [0.3, 0.4) is 0 Å². The molecule has 0 amide bonds. The normalized spacial score (nSPS) is 18.1. The minimum Gasteiger partial charge on any atom is -0.287 e. The fraction of sp³-hybridized carbons (Fsp3) is 0.0769. The fourth-order valence-corrected chi connectivity index (χ4v) is 2.24. The quantitative estimate of drug-likeness (QED) is 0.656. The van der Waals surface area contributed by atoms with Crippen molar-refractivity contribution in [3.8, 4) is 0 Å². The largest absolute Gasteiger partial charge is 0.287 e. The van der Waals surface area contributed by atoms with Gasteiger partial charge in [-0.1, -0.05) is 52.5 Å².